The van der Waals surface area contributed by atoms with Crippen molar-refractivity contribution >= 4 is 14.2 Å². The molecule has 0 saturated heterocycles. The molecule has 0 fully saturated rings. The fourth-order valence-electron chi connectivity index (χ4n) is 3.31. The third kappa shape index (κ3) is 18.9. The molecule has 5 heteroatoms. The number of allylic oxidation sites excluding steroid dienone is 1. The second-order valence-corrected chi connectivity index (χ2v) is 15.5. The molecule has 0 aliphatic carbocycles. The van der Waals surface area contributed by atoms with E-state index in [0.29, 0.717) is 6.42 Å². The molecule has 1 atom stereocenters. The maximum absolute atomic E-state index is 11.7. The second kappa shape index (κ2) is 15.7. The van der Waals surface area contributed by atoms with Gasteiger partial charge in [-0.25, -0.2) is 4.79 Å². The van der Waals surface area contributed by atoms with Gasteiger partial charge in [0.15, 0.2) is 0 Å². The second-order valence-electron chi connectivity index (χ2n) is 10.5. The first-order valence-electron chi connectivity index (χ1n) is 12.0. The van der Waals surface area contributed by atoms with E-state index >= 15 is 0 Å². The SMILES string of the molecule is CCCCCCCCCCCC(O)/C(=C/[Si](C)(C)C)C/C=C/NC(=O)OC(C)(C)C. The molecule has 0 aliphatic rings. The highest BCUT2D eigenvalue weighted by Gasteiger charge is 2.17. The first kappa shape index (κ1) is 28.9. The number of rotatable bonds is 15. The van der Waals surface area contributed by atoms with Crippen molar-refractivity contribution in [1.82, 2.24) is 5.32 Å². The Hall–Kier alpha value is -1.07. The first-order valence-corrected chi connectivity index (χ1v) is 15.6. The van der Waals surface area contributed by atoms with Gasteiger partial charge in [-0.05, 0) is 39.2 Å². The van der Waals surface area contributed by atoms with E-state index in [4.69, 9.17) is 4.74 Å². The molecule has 1 amide bonds. The smallest absolute Gasteiger partial charge is 0.411 e. The molecule has 1 unspecified atom stereocenters. The zero-order valence-electron chi connectivity index (χ0n) is 20.9. The van der Waals surface area contributed by atoms with Crippen LogP contribution < -0.4 is 5.32 Å². The largest absolute Gasteiger partial charge is 0.444 e. The van der Waals surface area contributed by atoms with Crippen LogP contribution >= 0.6 is 0 Å². The van der Waals surface area contributed by atoms with Gasteiger partial charge in [0, 0.05) is 6.20 Å². The van der Waals surface area contributed by atoms with Crippen molar-refractivity contribution in [2.75, 3.05) is 0 Å². The van der Waals surface area contributed by atoms with E-state index in [1.807, 2.05) is 26.8 Å². The van der Waals surface area contributed by atoms with Crippen molar-refractivity contribution in [3.05, 3.63) is 23.5 Å². The molecule has 0 heterocycles. The molecule has 0 aromatic rings. The van der Waals surface area contributed by atoms with Gasteiger partial charge in [-0.3, -0.25) is 5.32 Å². The topological polar surface area (TPSA) is 58.6 Å². The summed E-state index contributed by atoms with van der Waals surface area (Å²) in [6.07, 6.45) is 15.7. The number of amides is 1. The summed E-state index contributed by atoms with van der Waals surface area (Å²) in [5, 5.41) is 13.4. The summed E-state index contributed by atoms with van der Waals surface area (Å²) in [5.74, 6) is 0. The van der Waals surface area contributed by atoms with Crippen molar-refractivity contribution < 1.29 is 14.6 Å². The Bertz CT molecular complexity index is 515. The van der Waals surface area contributed by atoms with Gasteiger partial charge in [-0.1, -0.05) is 96.1 Å². The van der Waals surface area contributed by atoms with E-state index in [0.717, 1.165) is 18.4 Å². The quantitative estimate of drug-likeness (QED) is 0.205. The van der Waals surface area contributed by atoms with Crippen LogP contribution in [0.25, 0.3) is 0 Å². The Morgan fingerprint density at radius 2 is 1.53 bits per heavy atom. The lowest BCUT2D eigenvalue weighted by Crippen LogP contribution is -2.29. The van der Waals surface area contributed by atoms with Gasteiger partial charge in [0.25, 0.3) is 0 Å². The van der Waals surface area contributed by atoms with Crippen molar-refractivity contribution in [3.8, 4) is 0 Å². The summed E-state index contributed by atoms with van der Waals surface area (Å²) >= 11 is 0. The van der Waals surface area contributed by atoms with Gasteiger partial charge >= 0.3 is 6.09 Å². The van der Waals surface area contributed by atoms with Gasteiger partial charge in [0.2, 0.25) is 0 Å². The summed E-state index contributed by atoms with van der Waals surface area (Å²) in [7, 11) is -1.44. The molecule has 0 aromatic heterocycles. The molecule has 0 saturated carbocycles. The lowest BCUT2D eigenvalue weighted by atomic mass is 10.0. The predicted octanol–water partition coefficient (Wildman–Crippen LogP) is 7.50. The van der Waals surface area contributed by atoms with E-state index in [2.05, 4.69) is 37.6 Å². The summed E-state index contributed by atoms with van der Waals surface area (Å²) in [5.41, 5.74) is 2.87. The minimum absolute atomic E-state index is 0.396. The summed E-state index contributed by atoms with van der Waals surface area (Å²) in [6, 6.07) is 0. The minimum atomic E-state index is -1.44. The molecule has 2 N–H and O–H groups in total. The van der Waals surface area contributed by atoms with Crippen molar-refractivity contribution in [2.24, 2.45) is 0 Å². The summed E-state index contributed by atoms with van der Waals surface area (Å²) < 4.78 is 5.23. The van der Waals surface area contributed by atoms with E-state index < -0.39 is 25.9 Å². The fraction of sp³-hybridized carbons (Fsp3) is 0.800. The molecule has 0 radical (unpaired) electrons. The Morgan fingerprint density at radius 1 is 1.00 bits per heavy atom. The monoisotopic (exact) mass is 439 g/mol. The number of carbonyl (C=O) groups excluding carboxylic acids is 1. The number of unbranched alkanes of at least 4 members (excludes halogenated alkanes) is 8. The fourth-order valence-corrected chi connectivity index (χ4v) is 4.73. The standard InChI is InChI=1S/C25H49NO3Si/c1-8-9-10-11-12-13-14-15-16-19-23(27)22(21-30(5,6)7)18-17-20-26-24(28)29-25(2,3)4/h17,20-21,23,27H,8-16,18-19H2,1-7H3,(H,26,28)/b20-17+,22-21+. The average Bonchev–Trinajstić information content (AvgIpc) is 2.60. The molecule has 30 heavy (non-hydrogen) atoms. The Balaban J connectivity index is 4.37. The molecular weight excluding hydrogens is 390 g/mol. The number of alkyl carbamates (subject to hydrolysis) is 1. The third-order valence-corrected chi connectivity index (χ3v) is 5.94. The molecule has 0 aromatic carbocycles. The van der Waals surface area contributed by atoms with Crippen molar-refractivity contribution in [2.45, 2.75) is 130 Å². The van der Waals surface area contributed by atoms with Crippen molar-refractivity contribution in [3.63, 3.8) is 0 Å². The van der Waals surface area contributed by atoms with Gasteiger partial charge in [0.05, 0.1) is 14.2 Å². The molecule has 4 nitrogen and oxygen atoms in total. The van der Waals surface area contributed by atoms with E-state index in [-0.39, 0.29) is 0 Å². The number of nitrogens with one attached hydrogen (secondary N) is 1. The number of aliphatic hydroxyl groups excluding tert-OH is 1. The molecule has 0 spiro atoms. The molecular formula is C25H49NO3Si. The van der Waals surface area contributed by atoms with Gasteiger partial charge in [-0.15, -0.1) is 0 Å². The minimum Gasteiger partial charge on any atom is -0.444 e. The summed E-state index contributed by atoms with van der Waals surface area (Å²) in [6.45, 7) is 14.6. The normalized spacial score (nSPS) is 14.2. The lowest BCUT2D eigenvalue weighted by Gasteiger charge is -2.19. The van der Waals surface area contributed by atoms with Crippen LogP contribution in [0.3, 0.4) is 0 Å². The van der Waals surface area contributed by atoms with Crippen LogP contribution in [0.1, 0.15) is 98.3 Å². The third-order valence-electron chi connectivity index (χ3n) is 4.70. The van der Waals surface area contributed by atoms with Crippen LogP contribution in [0.5, 0.6) is 0 Å². The number of hydrogen-bond donors (Lipinski definition) is 2. The number of ether oxygens (including phenoxy) is 1. The van der Waals surface area contributed by atoms with Crippen LogP contribution in [0.15, 0.2) is 23.5 Å². The van der Waals surface area contributed by atoms with Crippen LogP contribution in [-0.2, 0) is 4.74 Å². The zero-order chi connectivity index (χ0) is 23.0. The molecule has 0 aliphatic heterocycles. The molecule has 0 bridgehead atoms. The highest BCUT2D eigenvalue weighted by Crippen LogP contribution is 2.20. The lowest BCUT2D eigenvalue weighted by molar-refractivity contribution is 0.0552. The maximum atomic E-state index is 11.7. The van der Waals surface area contributed by atoms with E-state index in [1.54, 1.807) is 6.20 Å². The number of carbonyl (C=O) groups is 1. The predicted molar refractivity (Wildman–Crippen MR) is 132 cm³/mol. The zero-order valence-corrected chi connectivity index (χ0v) is 21.9. The Morgan fingerprint density at radius 3 is 2.03 bits per heavy atom. The maximum Gasteiger partial charge on any atom is 0.411 e. The van der Waals surface area contributed by atoms with Gasteiger partial charge in [-0.2, -0.15) is 0 Å². The average molecular weight is 440 g/mol. The van der Waals surface area contributed by atoms with Gasteiger partial charge in [0.1, 0.15) is 5.60 Å². The highest BCUT2D eigenvalue weighted by molar-refractivity contribution is 6.81. The summed E-state index contributed by atoms with van der Waals surface area (Å²) in [4.78, 5) is 11.7. The first-order chi connectivity index (χ1) is 13.9. The van der Waals surface area contributed by atoms with Crippen LogP contribution in [-0.4, -0.2) is 31.0 Å². The number of aliphatic hydroxyl groups is 1. The van der Waals surface area contributed by atoms with Crippen LogP contribution in [0.4, 0.5) is 4.79 Å². The Kier molecular flexibility index (Phi) is 15.1. The van der Waals surface area contributed by atoms with Crippen LogP contribution in [0, 0.1) is 0 Å². The highest BCUT2D eigenvalue weighted by atomic mass is 28.3. The van der Waals surface area contributed by atoms with E-state index in [9.17, 15) is 9.90 Å². The van der Waals surface area contributed by atoms with Crippen molar-refractivity contribution in [1.29, 1.82) is 0 Å². The van der Waals surface area contributed by atoms with Gasteiger partial charge < -0.3 is 9.84 Å². The van der Waals surface area contributed by atoms with Crippen LogP contribution in [0.2, 0.25) is 19.6 Å². The molecule has 0 rings (SSSR count). The number of hydrogen-bond acceptors (Lipinski definition) is 3. The van der Waals surface area contributed by atoms with E-state index in [1.165, 1.54) is 51.4 Å². The molecule has 176 valence electrons. The Labute approximate surface area is 187 Å².